The maximum Gasteiger partial charge on any atom is 0.224 e. The third-order valence-electron chi connectivity index (χ3n) is 3.20. The second kappa shape index (κ2) is 6.31. The summed E-state index contributed by atoms with van der Waals surface area (Å²) in [6, 6.07) is 5.69. The lowest BCUT2D eigenvalue weighted by Crippen LogP contribution is -2.00. The third kappa shape index (κ3) is 3.64. The lowest BCUT2D eigenvalue weighted by molar-refractivity contribution is 0.456. The number of hydrogen-bond donors (Lipinski definition) is 1. The summed E-state index contributed by atoms with van der Waals surface area (Å²) in [5.41, 5.74) is 2.04. The number of nitrogens with one attached hydrogen (secondary N) is 1. The van der Waals surface area contributed by atoms with Gasteiger partial charge in [-0.05, 0) is 43.0 Å². The zero-order valence-electron chi connectivity index (χ0n) is 13.0. The highest BCUT2D eigenvalue weighted by molar-refractivity contribution is 6.31. The molecule has 1 aromatic carbocycles. The molecule has 0 atom stereocenters. The SMILES string of the molecule is CNc1cc(Oc2cc(C(C)C)c(Cl)cc2C)nc(C)n1. The Kier molecular flexibility index (Phi) is 4.68. The van der Waals surface area contributed by atoms with Crippen molar-refractivity contribution in [2.24, 2.45) is 0 Å². The lowest BCUT2D eigenvalue weighted by Gasteiger charge is -2.14. The molecule has 2 rings (SSSR count). The molecule has 5 heteroatoms. The molecule has 0 aliphatic rings. The molecule has 0 bridgehead atoms. The Bertz CT molecular complexity index is 656. The van der Waals surface area contributed by atoms with Crippen molar-refractivity contribution in [2.45, 2.75) is 33.6 Å². The van der Waals surface area contributed by atoms with Crippen LogP contribution in [-0.2, 0) is 0 Å². The van der Waals surface area contributed by atoms with Crippen molar-refractivity contribution in [1.82, 2.24) is 9.97 Å². The number of hydrogen-bond acceptors (Lipinski definition) is 4. The molecule has 0 saturated heterocycles. The van der Waals surface area contributed by atoms with Gasteiger partial charge in [0.1, 0.15) is 17.4 Å². The Balaban J connectivity index is 2.39. The molecule has 0 aliphatic heterocycles. The summed E-state index contributed by atoms with van der Waals surface area (Å²) in [6.45, 7) is 8.02. The molecule has 4 nitrogen and oxygen atoms in total. The molecule has 0 saturated carbocycles. The number of ether oxygens (including phenoxy) is 1. The van der Waals surface area contributed by atoms with Gasteiger partial charge < -0.3 is 10.1 Å². The van der Waals surface area contributed by atoms with Crippen LogP contribution in [0.15, 0.2) is 18.2 Å². The Hall–Kier alpha value is -1.81. The smallest absolute Gasteiger partial charge is 0.224 e. The molecule has 0 aliphatic carbocycles. The Morgan fingerprint density at radius 2 is 1.86 bits per heavy atom. The molecule has 2 aromatic rings. The van der Waals surface area contributed by atoms with E-state index < -0.39 is 0 Å². The average Bonchev–Trinajstić information content (AvgIpc) is 2.40. The number of aryl methyl sites for hydroxylation is 2. The van der Waals surface area contributed by atoms with Gasteiger partial charge in [-0.1, -0.05) is 25.4 Å². The maximum atomic E-state index is 6.28. The molecule has 0 fully saturated rings. The van der Waals surface area contributed by atoms with Crippen LogP contribution < -0.4 is 10.1 Å². The molecule has 1 aromatic heterocycles. The van der Waals surface area contributed by atoms with E-state index in [9.17, 15) is 0 Å². The summed E-state index contributed by atoms with van der Waals surface area (Å²) in [7, 11) is 1.82. The van der Waals surface area contributed by atoms with Crippen LogP contribution in [0, 0.1) is 13.8 Å². The van der Waals surface area contributed by atoms with Gasteiger partial charge in [0.25, 0.3) is 0 Å². The van der Waals surface area contributed by atoms with E-state index in [4.69, 9.17) is 16.3 Å². The normalized spacial score (nSPS) is 10.8. The van der Waals surface area contributed by atoms with Crippen molar-refractivity contribution in [3.63, 3.8) is 0 Å². The first-order valence-electron chi connectivity index (χ1n) is 6.92. The first-order valence-corrected chi connectivity index (χ1v) is 7.30. The first-order chi connectivity index (χ1) is 9.90. The fraction of sp³-hybridized carbons (Fsp3) is 0.375. The van der Waals surface area contributed by atoms with Gasteiger partial charge in [-0.3, -0.25) is 0 Å². The molecule has 21 heavy (non-hydrogen) atoms. The fourth-order valence-electron chi connectivity index (χ4n) is 2.05. The average molecular weight is 306 g/mol. The van der Waals surface area contributed by atoms with Gasteiger partial charge >= 0.3 is 0 Å². The monoisotopic (exact) mass is 305 g/mol. The van der Waals surface area contributed by atoms with Gasteiger partial charge in [-0.25, -0.2) is 4.98 Å². The minimum Gasteiger partial charge on any atom is -0.439 e. The number of aromatic nitrogens is 2. The van der Waals surface area contributed by atoms with E-state index in [0.29, 0.717) is 17.6 Å². The molecule has 0 amide bonds. The van der Waals surface area contributed by atoms with Crippen LogP contribution in [0.25, 0.3) is 0 Å². The molecule has 1 heterocycles. The number of nitrogens with zero attached hydrogens (tertiary/aromatic N) is 2. The van der Waals surface area contributed by atoms with E-state index in [2.05, 4.69) is 29.1 Å². The van der Waals surface area contributed by atoms with E-state index in [-0.39, 0.29) is 0 Å². The summed E-state index contributed by atoms with van der Waals surface area (Å²) >= 11 is 6.28. The first kappa shape index (κ1) is 15.6. The molecular weight excluding hydrogens is 286 g/mol. The number of halogens is 1. The van der Waals surface area contributed by atoms with Crippen molar-refractivity contribution >= 4 is 17.4 Å². The van der Waals surface area contributed by atoms with Crippen LogP contribution in [0.5, 0.6) is 11.6 Å². The van der Waals surface area contributed by atoms with Crippen LogP contribution >= 0.6 is 11.6 Å². The molecular formula is C16H20ClN3O. The topological polar surface area (TPSA) is 47.0 Å². The summed E-state index contributed by atoms with van der Waals surface area (Å²) in [4.78, 5) is 8.56. The van der Waals surface area contributed by atoms with Crippen molar-refractivity contribution in [1.29, 1.82) is 0 Å². The van der Waals surface area contributed by atoms with E-state index in [1.54, 1.807) is 6.07 Å². The van der Waals surface area contributed by atoms with Gasteiger partial charge in [0.2, 0.25) is 5.88 Å². The second-order valence-electron chi connectivity index (χ2n) is 5.28. The van der Waals surface area contributed by atoms with Gasteiger partial charge in [0.05, 0.1) is 0 Å². The predicted octanol–water partition coefficient (Wildman–Crippen LogP) is 4.70. The predicted molar refractivity (Wildman–Crippen MR) is 86.7 cm³/mol. The number of rotatable bonds is 4. The van der Waals surface area contributed by atoms with Crippen molar-refractivity contribution in [2.75, 3.05) is 12.4 Å². The van der Waals surface area contributed by atoms with E-state index in [0.717, 1.165) is 27.7 Å². The summed E-state index contributed by atoms with van der Waals surface area (Å²) in [6.07, 6.45) is 0. The van der Waals surface area contributed by atoms with E-state index >= 15 is 0 Å². The standard InChI is InChI=1S/C16H20ClN3O/c1-9(2)12-7-14(10(3)6-13(12)17)21-16-8-15(18-5)19-11(4)20-16/h6-9H,1-5H3,(H,18,19,20). The van der Waals surface area contributed by atoms with Gasteiger partial charge in [0, 0.05) is 18.1 Å². The van der Waals surface area contributed by atoms with Crippen LogP contribution in [0.3, 0.4) is 0 Å². The number of anilines is 1. The van der Waals surface area contributed by atoms with Crippen LogP contribution in [-0.4, -0.2) is 17.0 Å². The van der Waals surface area contributed by atoms with Crippen LogP contribution in [0.4, 0.5) is 5.82 Å². The Labute approximate surface area is 130 Å². The van der Waals surface area contributed by atoms with E-state index in [1.807, 2.05) is 33.0 Å². The zero-order valence-corrected chi connectivity index (χ0v) is 13.7. The fourth-order valence-corrected chi connectivity index (χ4v) is 2.49. The molecule has 0 radical (unpaired) electrons. The largest absolute Gasteiger partial charge is 0.439 e. The minimum atomic E-state index is 0.334. The third-order valence-corrected chi connectivity index (χ3v) is 3.53. The highest BCUT2D eigenvalue weighted by atomic mass is 35.5. The highest BCUT2D eigenvalue weighted by Crippen LogP contribution is 2.33. The van der Waals surface area contributed by atoms with Crippen molar-refractivity contribution in [3.8, 4) is 11.6 Å². The Morgan fingerprint density at radius 3 is 2.48 bits per heavy atom. The molecule has 112 valence electrons. The highest BCUT2D eigenvalue weighted by Gasteiger charge is 2.12. The van der Waals surface area contributed by atoms with Crippen LogP contribution in [0.1, 0.15) is 36.7 Å². The van der Waals surface area contributed by atoms with Gasteiger partial charge in [0.15, 0.2) is 0 Å². The molecule has 1 N–H and O–H groups in total. The van der Waals surface area contributed by atoms with Gasteiger partial charge in [-0.15, -0.1) is 0 Å². The van der Waals surface area contributed by atoms with E-state index in [1.165, 1.54) is 0 Å². The molecule has 0 spiro atoms. The summed E-state index contributed by atoms with van der Waals surface area (Å²) < 4.78 is 5.93. The second-order valence-corrected chi connectivity index (χ2v) is 5.69. The zero-order chi connectivity index (χ0) is 15.6. The maximum absolute atomic E-state index is 6.28. The summed E-state index contributed by atoms with van der Waals surface area (Å²) in [5.74, 6) is 3.01. The van der Waals surface area contributed by atoms with Crippen molar-refractivity contribution in [3.05, 3.63) is 40.2 Å². The minimum absolute atomic E-state index is 0.334. The van der Waals surface area contributed by atoms with Crippen LogP contribution in [0.2, 0.25) is 5.02 Å². The lowest BCUT2D eigenvalue weighted by atomic mass is 10.0. The van der Waals surface area contributed by atoms with Gasteiger partial charge in [-0.2, -0.15) is 4.98 Å². The number of benzene rings is 1. The quantitative estimate of drug-likeness (QED) is 0.889. The molecule has 0 unspecified atom stereocenters. The Morgan fingerprint density at radius 1 is 1.14 bits per heavy atom. The van der Waals surface area contributed by atoms with Crippen molar-refractivity contribution < 1.29 is 4.74 Å². The summed E-state index contributed by atoms with van der Waals surface area (Å²) in [5, 5.41) is 3.76.